The van der Waals surface area contributed by atoms with E-state index in [0.29, 0.717) is 13.0 Å². The van der Waals surface area contributed by atoms with Crippen LogP contribution < -0.4 is 0 Å². The first-order chi connectivity index (χ1) is 8.19. The lowest BCUT2D eigenvalue weighted by molar-refractivity contribution is -0.127. The predicted octanol–water partition coefficient (Wildman–Crippen LogP) is 3.47. The molecule has 1 aromatic carbocycles. The lowest BCUT2D eigenvalue weighted by Gasteiger charge is -2.15. The van der Waals surface area contributed by atoms with Crippen LogP contribution >= 0.6 is 0 Å². The van der Waals surface area contributed by atoms with Gasteiger partial charge in [0, 0.05) is 13.0 Å². The normalized spacial score (nSPS) is 11.1. The Balaban J connectivity index is 2.70. The number of rotatable bonds is 5. The zero-order valence-corrected chi connectivity index (χ0v) is 10.5. The van der Waals surface area contributed by atoms with Crippen LogP contribution in [0.2, 0.25) is 0 Å². The summed E-state index contributed by atoms with van der Waals surface area (Å²) in [4.78, 5) is 13.1. The second kappa shape index (κ2) is 6.69. The van der Waals surface area contributed by atoms with Crippen molar-refractivity contribution in [1.82, 2.24) is 4.90 Å². The highest BCUT2D eigenvalue weighted by Crippen LogP contribution is 2.12. The molecule has 1 amide bonds. The molecule has 0 N–H and O–H groups in total. The van der Waals surface area contributed by atoms with Gasteiger partial charge >= 0.3 is 0 Å². The lowest BCUT2D eigenvalue weighted by atomic mass is 10.1. The molecule has 2 nitrogen and oxygen atoms in total. The number of amides is 1. The molecule has 0 saturated carbocycles. The fourth-order valence-corrected chi connectivity index (χ4v) is 1.54. The zero-order chi connectivity index (χ0) is 12.7. The van der Waals surface area contributed by atoms with Gasteiger partial charge in [-0.1, -0.05) is 49.9 Å². The molecule has 2 heteroatoms. The number of carbonyl (C=O) groups is 1. The average Bonchev–Trinajstić information content (AvgIpc) is 2.39. The van der Waals surface area contributed by atoms with Crippen LogP contribution in [0.5, 0.6) is 0 Å². The van der Waals surface area contributed by atoms with Crippen molar-refractivity contribution in [1.29, 1.82) is 0 Å². The van der Waals surface area contributed by atoms with Crippen LogP contribution in [-0.4, -0.2) is 17.4 Å². The van der Waals surface area contributed by atoms with Crippen molar-refractivity contribution in [2.45, 2.75) is 20.3 Å². The first-order valence-electron chi connectivity index (χ1n) is 5.83. The van der Waals surface area contributed by atoms with Gasteiger partial charge in [0.05, 0.1) is 0 Å². The third-order valence-electron chi connectivity index (χ3n) is 2.67. The van der Waals surface area contributed by atoms with Gasteiger partial charge in [-0.3, -0.25) is 4.79 Å². The van der Waals surface area contributed by atoms with E-state index in [-0.39, 0.29) is 5.91 Å². The van der Waals surface area contributed by atoms with E-state index in [2.05, 4.69) is 18.7 Å². The fourth-order valence-electron chi connectivity index (χ4n) is 1.54. The number of hydrogen-bond acceptors (Lipinski definition) is 1. The minimum atomic E-state index is 0.0945. The largest absolute Gasteiger partial charge is 0.316 e. The number of benzene rings is 1. The van der Waals surface area contributed by atoms with Gasteiger partial charge in [0.1, 0.15) is 0 Å². The highest BCUT2D eigenvalue weighted by Gasteiger charge is 2.05. The van der Waals surface area contributed by atoms with Crippen molar-refractivity contribution in [3.63, 3.8) is 0 Å². The van der Waals surface area contributed by atoms with E-state index >= 15 is 0 Å². The van der Waals surface area contributed by atoms with Crippen molar-refractivity contribution in [2.24, 2.45) is 0 Å². The molecule has 0 aliphatic heterocycles. The van der Waals surface area contributed by atoms with Gasteiger partial charge in [0.25, 0.3) is 0 Å². The summed E-state index contributed by atoms with van der Waals surface area (Å²) in [5.41, 5.74) is 2.35. The molecule has 0 atom stereocenters. The molecule has 0 radical (unpaired) electrons. The molecule has 0 aromatic heterocycles. The lowest BCUT2D eigenvalue weighted by Crippen LogP contribution is -2.24. The molecule has 0 spiro atoms. The zero-order valence-electron chi connectivity index (χ0n) is 10.5. The monoisotopic (exact) mass is 229 g/mol. The van der Waals surface area contributed by atoms with Crippen molar-refractivity contribution in [2.75, 3.05) is 6.54 Å². The summed E-state index contributed by atoms with van der Waals surface area (Å²) in [6.07, 6.45) is 4.13. The molecule has 1 aromatic rings. The Labute approximate surface area is 103 Å². The van der Waals surface area contributed by atoms with Crippen molar-refractivity contribution in [3.8, 4) is 0 Å². The smallest absolute Gasteiger partial charge is 0.226 e. The van der Waals surface area contributed by atoms with Crippen LogP contribution in [0, 0.1) is 0 Å². The standard InChI is InChI=1S/C15H19NO/c1-4-15(17)16(5-2)12-11-13(3)14-9-7-6-8-10-14/h5-11H,2,4,12H2,1,3H3/b13-11+. The van der Waals surface area contributed by atoms with Gasteiger partial charge in [-0.05, 0) is 24.3 Å². The van der Waals surface area contributed by atoms with E-state index in [0.717, 1.165) is 0 Å². The van der Waals surface area contributed by atoms with Crippen LogP contribution in [0.15, 0.2) is 49.2 Å². The molecule has 0 fully saturated rings. The third-order valence-corrected chi connectivity index (χ3v) is 2.67. The van der Waals surface area contributed by atoms with Gasteiger partial charge in [-0.2, -0.15) is 0 Å². The van der Waals surface area contributed by atoms with Gasteiger partial charge in [0.2, 0.25) is 5.91 Å². The summed E-state index contributed by atoms with van der Waals surface area (Å²) in [6, 6.07) is 10.1. The summed E-state index contributed by atoms with van der Waals surface area (Å²) in [7, 11) is 0. The number of allylic oxidation sites excluding steroid dienone is 1. The van der Waals surface area contributed by atoms with E-state index in [1.54, 1.807) is 11.1 Å². The van der Waals surface area contributed by atoms with Crippen LogP contribution in [0.4, 0.5) is 0 Å². The SMILES string of the molecule is C=CN(C/C=C(\C)c1ccccc1)C(=O)CC. The number of hydrogen-bond donors (Lipinski definition) is 0. The van der Waals surface area contributed by atoms with E-state index in [9.17, 15) is 4.79 Å². The maximum atomic E-state index is 11.5. The minimum absolute atomic E-state index is 0.0945. The first-order valence-corrected chi connectivity index (χ1v) is 5.83. The topological polar surface area (TPSA) is 20.3 Å². The Hall–Kier alpha value is -1.83. The van der Waals surface area contributed by atoms with Crippen molar-refractivity contribution >= 4 is 11.5 Å². The molecular formula is C15H19NO. The maximum Gasteiger partial charge on any atom is 0.226 e. The highest BCUT2D eigenvalue weighted by molar-refractivity contribution is 5.77. The van der Waals surface area contributed by atoms with Gasteiger partial charge < -0.3 is 4.90 Å². The van der Waals surface area contributed by atoms with E-state index in [4.69, 9.17) is 0 Å². The summed E-state index contributed by atoms with van der Waals surface area (Å²) in [5.74, 6) is 0.0945. The van der Waals surface area contributed by atoms with E-state index in [1.807, 2.05) is 38.1 Å². The summed E-state index contributed by atoms with van der Waals surface area (Å²) < 4.78 is 0. The Morgan fingerprint density at radius 2 is 2.00 bits per heavy atom. The van der Waals surface area contributed by atoms with Crippen LogP contribution in [0.1, 0.15) is 25.8 Å². The van der Waals surface area contributed by atoms with E-state index in [1.165, 1.54) is 11.1 Å². The molecular weight excluding hydrogens is 210 g/mol. The Morgan fingerprint density at radius 3 is 2.53 bits per heavy atom. The molecule has 90 valence electrons. The molecule has 0 heterocycles. The summed E-state index contributed by atoms with van der Waals surface area (Å²) in [6.45, 7) is 8.14. The van der Waals surface area contributed by atoms with Gasteiger partial charge in [-0.25, -0.2) is 0 Å². The number of nitrogens with zero attached hydrogens (tertiary/aromatic N) is 1. The fraction of sp³-hybridized carbons (Fsp3) is 0.267. The predicted molar refractivity (Wildman–Crippen MR) is 72.3 cm³/mol. The van der Waals surface area contributed by atoms with Gasteiger partial charge in [0.15, 0.2) is 0 Å². The molecule has 0 aliphatic rings. The maximum absolute atomic E-state index is 11.5. The Morgan fingerprint density at radius 1 is 1.35 bits per heavy atom. The molecule has 0 aliphatic carbocycles. The molecule has 0 bridgehead atoms. The first kappa shape index (κ1) is 13.2. The Kier molecular flexibility index (Phi) is 5.21. The van der Waals surface area contributed by atoms with Crippen molar-refractivity contribution in [3.05, 3.63) is 54.8 Å². The molecule has 0 unspecified atom stereocenters. The van der Waals surface area contributed by atoms with Crippen molar-refractivity contribution < 1.29 is 4.79 Å². The second-order valence-corrected chi connectivity index (χ2v) is 3.84. The molecule has 1 rings (SSSR count). The highest BCUT2D eigenvalue weighted by atomic mass is 16.2. The minimum Gasteiger partial charge on any atom is -0.316 e. The Bertz CT molecular complexity index is 406. The quantitative estimate of drug-likeness (QED) is 0.757. The number of carbonyl (C=O) groups excluding carboxylic acids is 1. The second-order valence-electron chi connectivity index (χ2n) is 3.84. The third kappa shape index (κ3) is 3.91. The van der Waals surface area contributed by atoms with E-state index < -0.39 is 0 Å². The molecule has 0 saturated heterocycles. The average molecular weight is 229 g/mol. The van der Waals surface area contributed by atoms with Gasteiger partial charge in [-0.15, -0.1) is 0 Å². The van der Waals surface area contributed by atoms with Crippen LogP contribution in [-0.2, 0) is 4.79 Å². The van der Waals surface area contributed by atoms with Crippen LogP contribution in [0.25, 0.3) is 5.57 Å². The summed E-state index contributed by atoms with van der Waals surface area (Å²) in [5, 5.41) is 0. The summed E-state index contributed by atoms with van der Waals surface area (Å²) >= 11 is 0. The van der Waals surface area contributed by atoms with Crippen LogP contribution in [0.3, 0.4) is 0 Å². The molecule has 17 heavy (non-hydrogen) atoms.